The number of carbonyl (C=O) groups is 1. The zero-order valence-electron chi connectivity index (χ0n) is 19.6. The van der Waals surface area contributed by atoms with Gasteiger partial charge in [-0.25, -0.2) is 4.98 Å². The topological polar surface area (TPSA) is 54.5 Å². The Morgan fingerprint density at radius 3 is 2.47 bits per heavy atom. The smallest absolute Gasteiger partial charge is 0.229 e. The van der Waals surface area contributed by atoms with Gasteiger partial charge in [-0.2, -0.15) is 0 Å². The highest BCUT2D eigenvalue weighted by atomic mass is 32.1. The van der Waals surface area contributed by atoms with E-state index < -0.39 is 0 Å². The van der Waals surface area contributed by atoms with Crippen LogP contribution in [-0.4, -0.2) is 41.0 Å². The van der Waals surface area contributed by atoms with Crippen molar-refractivity contribution in [2.24, 2.45) is 0 Å². The first kappa shape index (κ1) is 24.0. The largest absolute Gasteiger partial charge is 0.492 e. The summed E-state index contributed by atoms with van der Waals surface area (Å²) in [6.45, 7) is 12.2. The highest BCUT2D eigenvalue weighted by Gasteiger charge is 2.14. The van der Waals surface area contributed by atoms with Gasteiger partial charge < -0.3 is 10.1 Å². The maximum atomic E-state index is 12.7. The molecule has 0 saturated carbocycles. The van der Waals surface area contributed by atoms with E-state index in [2.05, 4.69) is 42.9 Å². The van der Waals surface area contributed by atoms with E-state index in [1.807, 2.05) is 61.5 Å². The summed E-state index contributed by atoms with van der Waals surface area (Å²) in [6, 6.07) is 18.6. The van der Waals surface area contributed by atoms with Crippen molar-refractivity contribution in [1.82, 2.24) is 9.88 Å². The monoisotopic (exact) mass is 451 g/mol. The van der Waals surface area contributed by atoms with Crippen LogP contribution in [-0.2, 0) is 11.2 Å². The molecule has 0 bridgehead atoms. The second kappa shape index (κ2) is 11.2. The summed E-state index contributed by atoms with van der Waals surface area (Å²) in [5.41, 5.74) is 2.72. The molecular weight excluding hydrogens is 418 g/mol. The van der Waals surface area contributed by atoms with Crippen LogP contribution in [0.25, 0.3) is 10.6 Å². The van der Waals surface area contributed by atoms with E-state index in [0.29, 0.717) is 25.1 Å². The van der Waals surface area contributed by atoms with Crippen LogP contribution in [0.4, 0.5) is 5.69 Å². The minimum atomic E-state index is -0.0562. The SMILES string of the molecule is Cc1nc(-c2ccccc2)sc1CC(=O)Nc1cccc(OCCN(C(C)C)C(C)C)c1. The molecule has 32 heavy (non-hydrogen) atoms. The molecule has 6 heteroatoms. The second-order valence-corrected chi connectivity index (χ2v) is 9.50. The van der Waals surface area contributed by atoms with Gasteiger partial charge in [0, 0.05) is 40.8 Å². The number of hydrogen-bond acceptors (Lipinski definition) is 5. The number of amides is 1. The molecule has 1 aromatic heterocycles. The summed E-state index contributed by atoms with van der Waals surface area (Å²) in [5.74, 6) is 0.704. The lowest BCUT2D eigenvalue weighted by molar-refractivity contribution is -0.115. The summed E-state index contributed by atoms with van der Waals surface area (Å²) in [6.07, 6.45) is 0.305. The predicted molar refractivity (Wildman–Crippen MR) is 134 cm³/mol. The van der Waals surface area contributed by atoms with Crippen molar-refractivity contribution in [2.75, 3.05) is 18.5 Å². The molecule has 2 aromatic carbocycles. The molecule has 170 valence electrons. The zero-order chi connectivity index (χ0) is 23.1. The van der Waals surface area contributed by atoms with E-state index in [4.69, 9.17) is 4.74 Å². The predicted octanol–water partition coefficient (Wildman–Crippen LogP) is 5.80. The highest BCUT2D eigenvalue weighted by Crippen LogP contribution is 2.28. The number of nitrogens with one attached hydrogen (secondary N) is 1. The van der Waals surface area contributed by atoms with E-state index in [0.717, 1.165) is 39.1 Å². The highest BCUT2D eigenvalue weighted by molar-refractivity contribution is 7.15. The minimum absolute atomic E-state index is 0.0562. The lowest BCUT2D eigenvalue weighted by Gasteiger charge is -2.30. The number of benzene rings is 2. The third-order valence-electron chi connectivity index (χ3n) is 5.30. The molecular formula is C26H33N3O2S. The van der Waals surface area contributed by atoms with E-state index in [1.165, 1.54) is 0 Å². The number of rotatable bonds is 10. The average Bonchev–Trinajstić information content (AvgIpc) is 3.11. The molecule has 5 nitrogen and oxygen atoms in total. The van der Waals surface area contributed by atoms with E-state index in [9.17, 15) is 4.79 Å². The molecule has 0 aliphatic carbocycles. The van der Waals surface area contributed by atoms with Crippen molar-refractivity contribution >= 4 is 22.9 Å². The van der Waals surface area contributed by atoms with E-state index in [-0.39, 0.29) is 5.91 Å². The van der Waals surface area contributed by atoms with Crippen LogP contribution < -0.4 is 10.1 Å². The Bertz CT molecular complexity index is 1010. The van der Waals surface area contributed by atoms with Gasteiger partial charge in [-0.05, 0) is 46.8 Å². The lowest BCUT2D eigenvalue weighted by Crippen LogP contribution is -2.39. The maximum Gasteiger partial charge on any atom is 0.229 e. The Morgan fingerprint density at radius 1 is 1.06 bits per heavy atom. The van der Waals surface area contributed by atoms with Gasteiger partial charge in [-0.1, -0.05) is 36.4 Å². The number of thiazole rings is 1. The van der Waals surface area contributed by atoms with Crippen molar-refractivity contribution in [3.63, 3.8) is 0 Å². The Labute approximate surface area is 195 Å². The molecule has 1 amide bonds. The van der Waals surface area contributed by atoms with Crippen molar-refractivity contribution in [3.05, 3.63) is 65.2 Å². The molecule has 0 radical (unpaired) electrons. The van der Waals surface area contributed by atoms with Crippen molar-refractivity contribution in [1.29, 1.82) is 0 Å². The molecule has 0 aliphatic rings. The number of hydrogen-bond donors (Lipinski definition) is 1. The van der Waals surface area contributed by atoms with Crippen LogP contribution >= 0.6 is 11.3 Å². The molecule has 0 saturated heterocycles. The first-order valence-corrected chi connectivity index (χ1v) is 12.0. The molecule has 0 atom stereocenters. The standard InChI is InChI=1S/C26H33N3O2S/c1-18(2)29(19(3)4)14-15-31-23-13-9-12-22(16-23)28-25(30)17-24-20(5)27-26(32-24)21-10-7-6-8-11-21/h6-13,16,18-19H,14-15,17H2,1-5H3,(H,28,30). The van der Waals surface area contributed by atoms with Gasteiger partial charge >= 0.3 is 0 Å². The van der Waals surface area contributed by atoms with Crippen LogP contribution in [0.1, 0.15) is 38.3 Å². The molecule has 0 spiro atoms. The van der Waals surface area contributed by atoms with Crippen LogP contribution in [0.3, 0.4) is 0 Å². The molecule has 0 fully saturated rings. The first-order chi connectivity index (χ1) is 15.3. The van der Waals surface area contributed by atoms with Gasteiger partial charge in [0.05, 0.1) is 12.1 Å². The number of aryl methyl sites for hydroxylation is 1. The molecule has 0 unspecified atom stereocenters. The normalized spacial score (nSPS) is 11.4. The van der Waals surface area contributed by atoms with E-state index >= 15 is 0 Å². The van der Waals surface area contributed by atoms with Crippen LogP contribution in [0.15, 0.2) is 54.6 Å². The lowest BCUT2D eigenvalue weighted by atomic mass is 10.2. The van der Waals surface area contributed by atoms with Crippen molar-refractivity contribution < 1.29 is 9.53 Å². The maximum absolute atomic E-state index is 12.7. The summed E-state index contributed by atoms with van der Waals surface area (Å²) in [5, 5.41) is 3.93. The summed E-state index contributed by atoms with van der Waals surface area (Å²) in [4.78, 5) is 20.7. The van der Waals surface area contributed by atoms with Crippen LogP contribution in [0.2, 0.25) is 0 Å². The number of ether oxygens (including phenoxy) is 1. The number of aromatic nitrogens is 1. The average molecular weight is 452 g/mol. The molecule has 1 heterocycles. The van der Waals surface area contributed by atoms with Gasteiger partial charge in [0.25, 0.3) is 0 Å². The van der Waals surface area contributed by atoms with Gasteiger partial charge in [0.2, 0.25) is 5.91 Å². The number of carbonyl (C=O) groups excluding carboxylic acids is 1. The van der Waals surface area contributed by atoms with E-state index in [1.54, 1.807) is 11.3 Å². The van der Waals surface area contributed by atoms with Gasteiger partial charge in [0.15, 0.2) is 0 Å². The Hall–Kier alpha value is -2.70. The summed E-state index contributed by atoms with van der Waals surface area (Å²) in [7, 11) is 0. The molecule has 3 aromatic rings. The van der Waals surface area contributed by atoms with Crippen LogP contribution in [0, 0.1) is 6.92 Å². The minimum Gasteiger partial charge on any atom is -0.492 e. The number of anilines is 1. The van der Waals surface area contributed by atoms with Gasteiger partial charge in [-0.3, -0.25) is 9.69 Å². The fourth-order valence-corrected chi connectivity index (χ4v) is 4.76. The third-order valence-corrected chi connectivity index (χ3v) is 6.50. The molecule has 1 N–H and O–H groups in total. The summed E-state index contributed by atoms with van der Waals surface area (Å²) >= 11 is 1.57. The van der Waals surface area contributed by atoms with Crippen molar-refractivity contribution in [3.8, 4) is 16.3 Å². The fraction of sp³-hybridized carbons (Fsp3) is 0.385. The first-order valence-electron chi connectivity index (χ1n) is 11.1. The zero-order valence-corrected chi connectivity index (χ0v) is 20.4. The Kier molecular flexibility index (Phi) is 8.42. The van der Waals surface area contributed by atoms with Crippen molar-refractivity contribution in [2.45, 2.75) is 53.1 Å². The molecule has 3 rings (SSSR count). The van der Waals surface area contributed by atoms with Gasteiger partial charge in [0.1, 0.15) is 17.4 Å². The second-order valence-electron chi connectivity index (χ2n) is 8.42. The third kappa shape index (κ3) is 6.65. The quantitative estimate of drug-likeness (QED) is 0.423. The fourth-order valence-electron chi connectivity index (χ4n) is 3.69. The Balaban J connectivity index is 1.56. The summed E-state index contributed by atoms with van der Waals surface area (Å²) < 4.78 is 5.95. The number of nitrogens with zero attached hydrogens (tertiary/aromatic N) is 2. The van der Waals surface area contributed by atoms with Gasteiger partial charge in [-0.15, -0.1) is 11.3 Å². The van der Waals surface area contributed by atoms with Crippen LogP contribution in [0.5, 0.6) is 5.75 Å². The Morgan fingerprint density at radius 2 is 1.78 bits per heavy atom. The molecule has 0 aliphatic heterocycles.